The van der Waals surface area contributed by atoms with Crippen LogP contribution in [0.1, 0.15) is 27.8 Å². The predicted molar refractivity (Wildman–Crippen MR) is 243 cm³/mol. The standard InChI is InChI=1S/C46H50N3O11P3/c50-31-26-36-14-4-9-21-42(36)56-48-61(57-43-22-10-5-15-37(43)27-32-51)47-63(59-45-24-12-7-17-39(45)29-34-53,60-46-25-13-8-18-40(46)30-35-54)49(55-41-19-2-1-3-20-41)62(48)58-44-23-11-6-16-38(44)28-33-52/h1-25,50-54H,26-35H2. The molecule has 330 valence electrons. The van der Waals surface area contributed by atoms with E-state index in [1.54, 1.807) is 54.6 Å². The Morgan fingerprint density at radius 2 is 0.778 bits per heavy atom. The number of para-hydroxylation sites is 6. The van der Waals surface area contributed by atoms with Gasteiger partial charge in [0, 0.05) is 42.2 Å². The van der Waals surface area contributed by atoms with Crippen LogP contribution >= 0.6 is 24.6 Å². The van der Waals surface area contributed by atoms with E-state index >= 15 is 0 Å². The minimum absolute atomic E-state index is 0.146. The largest absolute Gasteiger partial charge is 0.447 e. The van der Waals surface area contributed by atoms with Gasteiger partial charge in [-0.3, -0.25) is 0 Å². The fraction of sp³-hybridized carbons (Fsp3) is 0.217. The average molecular weight is 914 g/mol. The minimum Gasteiger partial charge on any atom is -0.440 e. The Morgan fingerprint density at radius 3 is 1.24 bits per heavy atom. The van der Waals surface area contributed by atoms with Crippen LogP contribution in [0.15, 0.2) is 156 Å². The molecule has 0 aliphatic carbocycles. The topological polar surface area (TPSA) is 175 Å². The number of hydrogen-bond acceptors (Lipinski definition) is 14. The van der Waals surface area contributed by atoms with Crippen molar-refractivity contribution < 1.29 is 53.3 Å². The van der Waals surface area contributed by atoms with E-state index in [0.717, 1.165) is 0 Å². The van der Waals surface area contributed by atoms with Gasteiger partial charge in [-0.05, 0) is 102 Å². The zero-order valence-corrected chi connectivity index (χ0v) is 37.1. The van der Waals surface area contributed by atoms with Crippen LogP contribution in [-0.2, 0) is 32.1 Å². The molecule has 0 saturated heterocycles. The molecular formula is C46H50N3O11P3. The lowest BCUT2D eigenvalue weighted by molar-refractivity contribution is 0.0537. The first-order valence-corrected chi connectivity index (χ1v) is 24.3. The number of hydrogen-bond donors (Lipinski definition) is 5. The highest BCUT2D eigenvalue weighted by molar-refractivity contribution is 7.78. The summed E-state index contributed by atoms with van der Waals surface area (Å²) < 4.78 is 37.0. The van der Waals surface area contributed by atoms with E-state index in [0.29, 0.717) is 62.3 Å². The SMILES string of the molecule is OCCc1ccccc1ON1P(Oc2ccccc2CCO)N=P(Oc2ccccc2CCO)(Oc2ccccc2CCO)N(Oc2ccccc2)P1Oc1ccccc1CCO. The van der Waals surface area contributed by atoms with Gasteiger partial charge in [0.15, 0.2) is 5.75 Å². The van der Waals surface area contributed by atoms with E-state index in [1.807, 2.05) is 97.1 Å². The van der Waals surface area contributed by atoms with E-state index in [1.165, 1.54) is 9.21 Å². The molecule has 0 aromatic heterocycles. The molecule has 1 aliphatic rings. The molecular weight excluding hydrogens is 863 g/mol. The second kappa shape index (κ2) is 23.0. The van der Waals surface area contributed by atoms with Crippen LogP contribution < -0.4 is 27.8 Å². The van der Waals surface area contributed by atoms with Crippen molar-refractivity contribution >= 4 is 24.6 Å². The van der Waals surface area contributed by atoms with Crippen molar-refractivity contribution in [3.05, 3.63) is 179 Å². The molecule has 0 amide bonds. The van der Waals surface area contributed by atoms with Crippen molar-refractivity contribution in [2.24, 2.45) is 4.52 Å². The fourth-order valence-corrected chi connectivity index (χ4v) is 14.1. The van der Waals surface area contributed by atoms with Crippen molar-refractivity contribution in [1.29, 1.82) is 0 Å². The monoisotopic (exact) mass is 913 g/mol. The Morgan fingerprint density at radius 1 is 0.413 bits per heavy atom. The third-order valence-electron chi connectivity index (χ3n) is 9.52. The van der Waals surface area contributed by atoms with E-state index in [9.17, 15) is 25.5 Å². The molecule has 0 spiro atoms. The van der Waals surface area contributed by atoms with Gasteiger partial charge in [-0.25, -0.2) is 0 Å². The normalized spacial score (nSPS) is 16.1. The first-order chi connectivity index (χ1) is 31.0. The maximum absolute atomic E-state index is 10.2. The van der Waals surface area contributed by atoms with Gasteiger partial charge in [0.25, 0.3) is 0 Å². The van der Waals surface area contributed by atoms with E-state index < -0.39 is 24.6 Å². The molecule has 14 nitrogen and oxygen atoms in total. The number of rotatable bonds is 22. The Bertz CT molecular complexity index is 2380. The van der Waals surface area contributed by atoms with Gasteiger partial charge in [-0.2, -0.15) is 0 Å². The quantitative estimate of drug-likeness (QED) is 0.0409. The molecule has 0 radical (unpaired) electrons. The number of aliphatic hydroxyl groups is 5. The van der Waals surface area contributed by atoms with Crippen molar-refractivity contribution in [3.8, 4) is 34.5 Å². The van der Waals surface area contributed by atoms with Crippen LogP contribution in [0.25, 0.3) is 0 Å². The van der Waals surface area contributed by atoms with Crippen LogP contribution in [-0.4, -0.2) is 67.8 Å². The molecule has 6 aromatic rings. The summed E-state index contributed by atoms with van der Waals surface area (Å²) in [5.41, 5.74) is 3.41. The molecule has 2 unspecified atom stereocenters. The molecule has 0 bridgehead atoms. The van der Waals surface area contributed by atoms with E-state index in [4.69, 9.17) is 32.3 Å². The van der Waals surface area contributed by atoms with Gasteiger partial charge in [0.05, 0.1) is 0 Å². The summed E-state index contributed by atoms with van der Waals surface area (Å²) in [7, 11) is -9.13. The highest BCUT2D eigenvalue weighted by atomic mass is 31.3. The Balaban J connectivity index is 1.56. The van der Waals surface area contributed by atoms with Crippen LogP contribution in [0.2, 0.25) is 0 Å². The summed E-state index contributed by atoms with van der Waals surface area (Å²) >= 11 is 0. The maximum Gasteiger partial charge on any atom is 0.447 e. The Kier molecular flexibility index (Phi) is 16.8. The van der Waals surface area contributed by atoms with Crippen molar-refractivity contribution in [1.82, 2.24) is 9.21 Å². The van der Waals surface area contributed by atoms with E-state index in [2.05, 4.69) is 0 Å². The molecule has 1 heterocycles. The second-order valence-electron chi connectivity index (χ2n) is 13.9. The molecule has 6 aromatic carbocycles. The van der Waals surface area contributed by atoms with E-state index in [-0.39, 0.29) is 65.1 Å². The predicted octanol–water partition coefficient (Wildman–Crippen LogP) is 8.98. The summed E-state index contributed by atoms with van der Waals surface area (Å²) in [6.07, 6.45) is 1.30. The highest BCUT2D eigenvalue weighted by Gasteiger charge is 2.58. The number of aliphatic hydroxyl groups excluding tert-OH is 5. The number of benzene rings is 6. The van der Waals surface area contributed by atoms with Gasteiger partial charge < -0.3 is 53.3 Å². The van der Waals surface area contributed by atoms with Crippen molar-refractivity contribution in [2.75, 3.05) is 33.0 Å². The summed E-state index contributed by atoms with van der Waals surface area (Å²) in [6, 6.07) is 45.4. The molecule has 63 heavy (non-hydrogen) atoms. The van der Waals surface area contributed by atoms with Crippen LogP contribution in [0.5, 0.6) is 34.5 Å². The first kappa shape index (κ1) is 45.9. The van der Waals surface area contributed by atoms with Crippen molar-refractivity contribution in [3.63, 3.8) is 0 Å². The highest BCUT2D eigenvalue weighted by Crippen LogP contribution is 2.78. The summed E-state index contributed by atoms with van der Waals surface area (Å²) in [6.45, 7) is -0.790. The lowest BCUT2D eigenvalue weighted by atomic mass is 10.1. The second-order valence-corrected chi connectivity index (χ2v) is 19.4. The van der Waals surface area contributed by atoms with Gasteiger partial charge in [0.1, 0.15) is 28.7 Å². The zero-order valence-electron chi connectivity index (χ0n) is 34.4. The third kappa shape index (κ3) is 11.6. The lowest BCUT2D eigenvalue weighted by Crippen LogP contribution is -2.37. The van der Waals surface area contributed by atoms with Crippen LogP contribution in [0.3, 0.4) is 0 Å². The molecule has 0 fully saturated rings. The Labute approximate surface area is 369 Å². The first-order valence-electron chi connectivity index (χ1n) is 20.4. The Hall–Kier alpha value is -5.07. The average Bonchev–Trinajstić information content (AvgIpc) is 3.30. The smallest absolute Gasteiger partial charge is 0.440 e. The fourth-order valence-electron chi connectivity index (χ4n) is 6.49. The van der Waals surface area contributed by atoms with Crippen LogP contribution in [0.4, 0.5) is 0 Å². The van der Waals surface area contributed by atoms with Gasteiger partial charge in [-0.15, -0.1) is 4.52 Å². The third-order valence-corrected chi connectivity index (χ3v) is 16.3. The molecule has 2 atom stereocenters. The molecule has 5 N–H and O–H groups in total. The summed E-state index contributed by atoms with van der Waals surface area (Å²) in [5, 5.41) is 50.9. The number of nitrogens with zero attached hydrogens (tertiary/aromatic N) is 3. The molecule has 7 rings (SSSR count). The van der Waals surface area contributed by atoms with Crippen LogP contribution in [0, 0.1) is 0 Å². The molecule has 0 saturated carbocycles. The maximum atomic E-state index is 10.2. The zero-order chi connectivity index (χ0) is 43.9. The van der Waals surface area contributed by atoms with Gasteiger partial charge in [-0.1, -0.05) is 109 Å². The molecule has 17 heteroatoms. The summed E-state index contributed by atoms with van der Waals surface area (Å²) in [4.78, 5) is 13.9. The van der Waals surface area contributed by atoms with Gasteiger partial charge >= 0.3 is 24.6 Å². The lowest BCUT2D eigenvalue weighted by Gasteiger charge is -2.44. The summed E-state index contributed by atoms with van der Waals surface area (Å²) in [5.74, 6) is 2.25. The van der Waals surface area contributed by atoms with Crippen molar-refractivity contribution in [2.45, 2.75) is 32.1 Å². The van der Waals surface area contributed by atoms with Gasteiger partial charge in [0.2, 0.25) is 0 Å². The molecule has 1 aliphatic heterocycles. The minimum atomic E-state index is -4.20.